The minimum absolute atomic E-state index is 0.0129. The monoisotopic (exact) mass is 382 g/mol. The van der Waals surface area contributed by atoms with Crippen LogP contribution in [-0.4, -0.2) is 39.1 Å². The largest absolute Gasteiger partial charge is 0.396 e. The van der Waals surface area contributed by atoms with Gasteiger partial charge >= 0.3 is 0 Å². The quantitative estimate of drug-likeness (QED) is 0.599. The summed E-state index contributed by atoms with van der Waals surface area (Å²) in [7, 11) is -3.84. The fourth-order valence-corrected chi connectivity index (χ4v) is 3.71. The van der Waals surface area contributed by atoms with Crippen molar-refractivity contribution in [3.05, 3.63) is 27.7 Å². The van der Waals surface area contributed by atoms with E-state index < -0.39 is 15.9 Å². The Kier molecular flexibility index (Phi) is 7.76. The molecule has 0 saturated carbocycles. The maximum Gasteiger partial charge on any atom is 0.252 e. The van der Waals surface area contributed by atoms with E-state index in [1.54, 1.807) is 0 Å². The van der Waals surface area contributed by atoms with E-state index in [0.29, 0.717) is 6.42 Å². The standard InChI is InChI=1S/C14H20Cl2N2O4S/c1-9(2)8-18-23(21,22)13-6-10(11(15)7-12(13)16)14(20)17-4-3-5-19/h6-7,9,18-19H,3-5,8H2,1-2H3,(H,17,20). The van der Waals surface area contributed by atoms with Crippen LogP contribution in [0.15, 0.2) is 17.0 Å². The van der Waals surface area contributed by atoms with Crippen LogP contribution >= 0.6 is 23.2 Å². The van der Waals surface area contributed by atoms with Crippen molar-refractivity contribution in [1.29, 1.82) is 0 Å². The summed E-state index contributed by atoms with van der Waals surface area (Å²) in [6, 6.07) is 2.38. The van der Waals surface area contributed by atoms with E-state index >= 15 is 0 Å². The first-order valence-electron chi connectivity index (χ1n) is 7.06. The number of carbonyl (C=O) groups is 1. The molecule has 6 nitrogen and oxygen atoms in total. The third-order valence-electron chi connectivity index (χ3n) is 2.86. The van der Waals surface area contributed by atoms with E-state index in [1.807, 2.05) is 13.8 Å². The van der Waals surface area contributed by atoms with Gasteiger partial charge in [0.1, 0.15) is 4.90 Å². The van der Waals surface area contributed by atoms with Crippen molar-refractivity contribution in [2.45, 2.75) is 25.2 Å². The highest BCUT2D eigenvalue weighted by Gasteiger charge is 2.22. The lowest BCUT2D eigenvalue weighted by Gasteiger charge is -2.13. The second-order valence-corrected chi connectivity index (χ2v) is 7.89. The molecule has 0 aliphatic heterocycles. The molecule has 1 rings (SSSR count). The molecule has 0 bridgehead atoms. The number of aliphatic hydroxyl groups excluding tert-OH is 1. The van der Waals surface area contributed by atoms with Crippen LogP contribution in [-0.2, 0) is 10.0 Å². The van der Waals surface area contributed by atoms with E-state index in [9.17, 15) is 13.2 Å². The van der Waals surface area contributed by atoms with Crippen molar-refractivity contribution in [3.8, 4) is 0 Å². The zero-order valence-electron chi connectivity index (χ0n) is 12.9. The number of amides is 1. The SMILES string of the molecule is CC(C)CNS(=O)(=O)c1cc(C(=O)NCCCO)c(Cl)cc1Cl. The Hall–Kier alpha value is -0.860. The molecule has 0 heterocycles. The van der Waals surface area contributed by atoms with Gasteiger partial charge < -0.3 is 10.4 Å². The number of nitrogens with one attached hydrogen (secondary N) is 2. The second kappa shape index (κ2) is 8.84. The fraction of sp³-hybridized carbons (Fsp3) is 0.500. The number of benzene rings is 1. The zero-order valence-corrected chi connectivity index (χ0v) is 15.2. The van der Waals surface area contributed by atoms with Crippen molar-refractivity contribution in [2.24, 2.45) is 5.92 Å². The van der Waals surface area contributed by atoms with Gasteiger partial charge in [0.15, 0.2) is 0 Å². The average Bonchev–Trinajstić information content (AvgIpc) is 2.45. The normalized spacial score (nSPS) is 11.7. The van der Waals surface area contributed by atoms with Crippen LogP contribution in [0.5, 0.6) is 0 Å². The van der Waals surface area contributed by atoms with Crippen molar-refractivity contribution in [1.82, 2.24) is 10.0 Å². The molecule has 130 valence electrons. The summed E-state index contributed by atoms with van der Waals surface area (Å²) in [5.74, 6) is -0.405. The number of carbonyl (C=O) groups excluding carboxylic acids is 1. The molecule has 0 spiro atoms. The van der Waals surface area contributed by atoms with Crippen molar-refractivity contribution >= 4 is 39.1 Å². The highest BCUT2D eigenvalue weighted by Crippen LogP contribution is 2.28. The lowest BCUT2D eigenvalue weighted by atomic mass is 10.2. The smallest absolute Gasteiger partial charge is 0.252 e. The maximum atomic E-state index is 12.3. The third-order valence-corrected chi connectivity index (χ3v) is 5.06. The van der Waals surface area contributed by atoms with Crippen molar-refractivity contribution in [3.63, 3.8) is 0 Å². The number of halogens is 2. The van der Waals surface area contributed by atoms with Crippen LogP contribution in [0.1, 0.15) is 30.6 Å². The van der Waals surface area contributed by atoms with Gasteiger partial charge in [-0.2, -0.15) is 0 Å². The molecular weight excluding hydrogens is 363 g/mol. The van der Waals surface area contributed by atoms with Crippen LogP contribution < -0.4 is 10.0 Å². The molecule has 1 amide bonds. The van der Waals surface area contributed by atoms with E-state index in [1.165, 1.54) is 6.07 Å². The lowest BCUT2D eigenvalue weighted by molar-refractivity contribution is 0.0951. The lowest BCUT2D eigenvalue weighted by Crippen LogP contribution is -2.29. The molecule has 0 radical (unpaired) electrons. The number of sulfonamides is 1. The first-order chi connectivity index (χ1) is 10.7. The van der Waals surface area contributed by atoms with Crippen LogP contribution in [0.4, 0.5) is 0 Å². The summed E-state index contributed by atoms with van der Waals surface area (Å²) < 4.78 is 27.0. The van der Waals surface area contributed by atoms with Gasteiger partial charge in [-0.1, -0.05) is 37.0 Å². The van der Waals surface area contributed by atoms with Gasteiger partial charge in [0.2, 0.25) is 10.0 Å². The molecular formula is C14H20Cl2N2O4S. The van der Waals surface area contributed by atoms with E-state index in [0.717, 1.165) is 6.07 Å². The Balaban J connectivity index is 3.10. The molecule has 0 aliphatic carbocycles. The number of rotatable bonds is 8. The Morgan fingerprint density at radius 2 is 1.91 bits per heavy atom. The molecule has 1 aromatic rings. The summed E-state index contributed by atoms with van der Waals surface area (Å²) >= 11 is 11.9. The number of hydrogen-bond acceptors (Lipinski definition) is 4. The van der Waals surface area contributed by atoms with Crippen LogP contribution in [0, 0.1) is 5.92 Å². The second-order valence-electron chi connectivity index (χ2n) is 5.34. The van der Waals surface area contributed by atoms with Gasteiger partial charge in [-0.15, -0.1) is 0 Å². The zero-order chi connectivity index (χ0) is 17.6. The molecule has 3 N–H and O–H groups in total. The van der Waals surface area contributed by atoms with Gasteiger partial charge in [0, 0.05) is 19.7 Å². The molecule has 0 aromatic heterocycles. The van der Waals surface area contributed by atoms with E-state index in [-0.39, 0.29) is 46.1 Å². The Morgan fingerprint density at radius 3 is 2.48 bits per heavy atom. The van der Waals surface area contributed by atoms with Crippen LogP contribution in [0.25, 0.3) is 0 Å². The number of aliphatic hydroxyl groups is 1. The van der Waals surface area contributed by atoms with E-state index in [4.69, 9.17) is 28.3 Å². The topological polar surface area (TPSA) is 95.5 Å². The Bertz CT molecular complexity index is 663. The molecule has 0 atom stereocenters. The molecule has 0 fully saturated rings. The van der Waals surface area contributed by atoms with Crippen LogP contribution in [0.2, 0.25) is 10.0 Å². The molecule has 0 saturated heterocycles. The Morgan fingerprint density at radius 1 is 1.26 bits per heavy atom. The maximum absolute atomic E-state index is 12.3. The predicted molar refractivity (Wildman–Crippen MR) is 90.5 cm³/mol. The molecule has 1 aromatic carbocycles. The van der Waals surface area contributed by atoms with Gasteiger partial charge in [0.25, 0.3) is 5.91 Å². The predicted octanol–water partition coefficient (Wildman–Crippen LogP) is 2.04. The first kappa shape index (κ1) is 20.2. The van der Waals surface area contributed by atoms with Gasteiger partial charge in [-0.05, 0) is 24.5 Å². The minimum atomic E-state index is -3.84. The van der Waals surface area contributed by atoms with Crippen LogP contribution in [0.3, 0.4) is 0 Å². The van der Waals surface area contributed by atoms with Crippen molar-refractivity contribution < 1.29 is 18.3 Å². The molecule has 9 heteroatoms. The highest BCUT2D eigenvalue weighted by atomic mass is 35.5. The third kappa shape index (κ3) is 5.93. The van der Waals surface area contributed by atoms with Gasteiger partial charge in [-0.3, -0.25) is 4.79 Å². The number of hydrogen-bond donors (Lipinski definition) is 3. The summed E-state index contributed by atoms with van der Waals surface area (Å²) in [6.45, 7) is 4.17. The molecule has 0 aliphatic rings. The fourth-order valence-electron chi connectivity index (χ4n) is 1.64. The first-order valence-corrected chi connectivity index (χ1v) is 9.30. The molecule has 23 heavy (non-hydrogen) atoms. The van der Waals surface area contributed by atoms with Crippen molar-refractivity contribution in [2.75, 3.05) is 19.7 Å². The highest BCUT2D eigenvalue weighted by molar-refractivity contribution is 7.89. The Labute approximate surface area is 146 Å². The summed E-state index contributed by atoms with van der Waals surface area (Å²) in [6.07, 6.45) is 0.387. The average molecular weight is 383 g/mol. The summed E-state index contributed by atoms with van der Waals surface area (Å²) in [5, 5.41) is 11.3. The van der Waals surface area contributed by atoms with Gasteiger partial charge in [-0.25, -0.2) is 13.1 Å². The van der Waals surface area contributed by atoms with E-state index in [2.05, 4.69) is 10.0 Å². The summed E-state index contributed by atoms with van der Waals surface area (Å²) in [5.41, 5.74) is 0.0129. The molecule has 0 unspecified atom stereocenters. The summed E-state index contributed by atoms with van der Waals surface area (Å²) in [4.78, 5) is 11.9. The minimum Gasteiger partial charge on any atom is -0.396 e. The van der Waals surface area contributed by atoms with Gasteiger partial charge in [0.05, 0.1) is 15.6 Å².